The molecular formula is C37H44N4O6. The number of carboxylic acids is 1. The molecule has 248 valence electrons. The lowest BCUT2D eigenvalue weighted by molar-refractivity contribution is -0.147. The van der Waals surface area contributed by atoms with Crippen LogP contribution in [0.1, 0.15) is 46.0 Å². The number of likely N-dealkylation sites (tertiary alicyclic amines) is 2. The summed E-state index contributed by atoms with van der Waals surface area (Å²) >= 11 is 0. The zero-order valence-electron chi connectivity index (χ0n) is 27.4. The van der Waals surface area contributed by atoms with Crippen LogP contribution in [0.15, 0.2) is 67.3 Å². The van der Waals surface area contributed by atoms with Gasteiger partial charge in [0, 0.05) is 35.4 Å². The molecule has 2 N–H and O–H groups in total. The van der Waals surface area contributed by atoms with Crippen LogP contribution in [0.2, 0.25) is 0 Å². The van der Waals surface area contributed by atoms with Crippen molar-refractivity contribution in [2.24, 2.45) is 11.8 Å². The molecule has 10 nitrogen and oxygen atoms in total. The minimum atomic E-state index is -1.40. The number of carbonyl (C=O) groups is 3. The third-order valence-corrected chi connectivity index (χ3v) is 9.89. The first-order valence-electron chi connectivity index (χ1n) is 16.6. The van der Waals surface area contributed by atoms with Gasteiger partial charge in [-0.1, -0.05) is 56.7 Å². The number of methoxy groups -OCH3 is 1. The molecule has 0 spiro atoms. The summed E-state index contributed by atoms with van der Waals surface area (Å²) in [6, 6.07) is 16.0. The molecule has 2 saturated heterocycles. The molecule has 3 unspecified atom stereocenters. The van der Waals surface area contributed by atoms with Crippen LogP contribution in [-0.4, -0.2) is 88.1 Å². The van der Waals surface area contributed by atoms with E-state index < -0.39 is 35.6 Å². The Balaban J connectivity index is 1.34. The Hall–Kier alpha value is -4.44. The first-order chi connectivity index (χ1) is 22.6. The van der Waals surface area contributed by atoms with Gasteiger partial charge in [-0.3, -0.25) is 14.5 Å². The molecule has 6 rings (SSSR count). The maximum absolute atomic E-state index is 14.4. The van der Waals surface area contributed by atoms with Gasteiger partial charge in [0.2, 0.25) is 11.8 Å². The van der Waals surface area contributed by atoms with E-state index in [0.717, 1.165) is 49.0 Å². The summed E-state index contributed by atoms with van der Waals surface area (Å²) < 4.78 is 12.2. The molecule has 3 aliphatic rings. The lowest BCUT2D eigenvalue weighted by atomic mass is 9.97. The third-order valence-electron chi connectivity index (χ3n) is 9.89. The Morgan fingerprint density at radius 1 is 1.09 bits per heavy atom. The summed E-state index contributed by atoms with van der Waals surface area (Å²) in [5.74, 6) is -0.791. The summed E-state index contributed by atoms with van der Waals surface area (Å²) in [6.07, 6.45) is 4.73. The van der Waals surface area contributed by atoms with Crippen molar-refractivity contribution in [2.45, 2.75) is 69.7 Å². The molecule has 2 aliphatic heterocycles. The van der Waals surface area contributed by atoms with Crippen LogP contribution in [0.25, 0.3) is 22.2 Å². The maximum Gasteiger partial charge on any atom is 0.330 e. The van der Waals surface area contributed by atoms with Crippen molar-refractivity contribution in [2.75, 3.05) is 26.7 Å². The van der Waals surface area contributed by atoms with Gasteiger partial charge in [-0.05, 0) is 50.4 Å². The lowest BCUT2D eigenvalue weighted by Crippen LogP contribution is -2.58. The Kier molecular flexibility index (Phi) is 9.23. The molecule has 1 aliphatic carbocycles. The van der Waals surface area contributed by atoms with E-state index in [1.165, 1.54) is 0 Å². The van der Waals surface area contributed by atoms with E-state index in [4.69, 9.17) is 14.5 Å². The first-order valence-corrected chi connectivity index (χ1v) is 16.6. The van der Waals surface area contributed by atoms with Crippen molar-refractivity contribution >= 4 is 28.7 Å². The lowest BCUT2D eigenvalue weighted by Gasteiger charge is -2.39. The van der Waals surface area contributed by atoms with E-state index in [2.05, 4.69) is 16.8 Å². The summed E-state index contributed by atoms with van der Waals surface area (Å²) in [4.78, 5) is 49.4. The predicted molar refractivity (Wildman–Crippen MR) is 179 cm³/mol. The van der Waals surface area contributed by atoms with Crippen molar-refractivity contribution in [3.63, 3.8) is 0 Å². The number of fused-ring (bicyclic) bond motifs is 1. The Labute approximate surface area is 275 Å². The van der Waals surface area contributed by atoms with Crippen LogP contribution in [0.4, 0.5) is 0 Å². The zero-order valence-corrected chi connectivity index (χ0v) is 27.4. The quantitative estimate of drug-likeness (QED) is 0.284. The molecular weight excluding hydrogens is 596 g/mol. The second-order valence-corrected chi connectivity index (χ2v) is 13.3. The van der Waals surface area contributed by atoms with Crippen LogP contribution < -0.4 is 14.8 Å². The number of nitrogens with one attached hydrogen (secondary N) is 1. The first kappa shape index (κ1) is 32.5. The number of rotatable bonds is 11. The number of carboxylic acid groups (broad SMARTS) is 1. The third kappa shape index (κ3) is 6.43. The molecule has 0 bridgehead atoms. The summed E-state index contributed by atoms with van der Waals surface area (Å²) in [5, 5.41) is 13.6. The minimum absolute atomic E-state index is 0.0239. The molecule has 1 saturated carbocycles. The monoisotopic (exact) mass is 640 g/mol. The second-order valence-electron chi connectivity index (χ2n) is 13.3. The number of piperidine rings is 1. The summed E-state index contributed by atoms with van der Waals surface area (Å²) in [6.45, 7) is 9.68. The highest BCUT2D eigenvalue weighted by Crippen LogP contribution is 2.45. The van der Waals surface area contributed by atoms with E-state index >= 15 is 0 Å². The Morgan fingerprint density at radius 2 is 1.83 bits per heavy atom. The molecule has 3 fully saturated rings. The fourth-order valence-electron chi connectivity index (χ4n) is 7.26. The van der Waals surface area contributed by atoms with E-state index in [0.29, 0.717) is 17.0 Å². The van der Waals surface area contributed by atoms with Crippen molar-refractivity contribution < 1.29 is 29.0 Å². The van der Waals surface area contributed by atoms with Crippen molar-refractivity contribution in [3.8, 4) is 22.8 Å². The number of amides is 2. The maximum atomic E-state index is 14.4. The number of aliphatic carboxylic acids is 1. The standard InChI is InChI=1S/C37H44N4O6/c1-5-25-21-37(25,36(44)45)39-34(42)31-19-27(22-41(31)35(43)33(23(2)3)40-16-10-7-11-17-40)47-32-20-29(24-12-8-6-9-13-24)38-30-18-26(46-4)14-15-28(30)32/h5-6,8-9,12-15,18,20,23,25,27,31,33H,1,7,10-11,16-17,19,21-22H2,2-4H3,(H,39,42)(H,44,45)/t25?,27-,31+,33?,37?/m1/s1. The highest BCUT2D eigenvalue weighted by atomic mass is 16.5. The number of pyridine rings is 1. The number of benzene rings is 2. The highest BCUT2D eigenvalue weighted by molar-refractivity contribution is 5.96. The van der Waals surface area contributed by atoms with E-state index in [-0.39, 0.29) is 37.1 Å². The van der Waals surface area contributed by atoms with E-state index in [1.807, 2.05) is 68.4 Å². The Morgan fingerprint density at radius 3 is 2.47 bits per heavy atom. The summed E-state index contributed by atoms with van der Waals surface area (Å²) in [7, 11) is 1.61. The van der Waals surface area contributed by atoms with Gasteiger partial charge >= 0.3 is 5.97 Å². The van der Waals surface area contributed by atoms with Gasteiger partial charge in [0.15, 0.2) is 0 Å². The van der Waals surface area contributed by atoms with E-state index in [9.17, 15) is 19.5 Å². The molecule has 10 heteroatoms. The van der Waals surface area contributed by atoms with Crippen molar-refractivity contribution in [3.05, 3.63) is 67.3 Å². The van der Waals surface area contributed by atoms with Gasteiger partial charge in [-0.2, -0.15) is 0 Å². The minimum Gasteiger partial charge on any atom is -0.497 e. The highest BCUT2D eigenvalue weighted by Gasteiger charge is 2.61. The van der Waals surface area contributed by atoms with Crippen molar-refractivity contribution in [1.82, 2.24) is 20.1 Å². The molecule has 47 heavy (non-hydrogen) atoms. The number of nitrogens with zero attached hydrogens (tertiary/aromatic N) is 3. The molecule has 1 aromatic heterocycles. The van der Waals surface area contributed by atoms with Crippen LogP contribution in [0, 0.1) is 11.8 Å². The van der Waals surface area contributed by atoms with Gasteiger partial charge in [0.05, 0.1) is 30.9 Å². The fraction of sp³-hybridized carbons (Fsp3) is 0.459. The Bertz CT molecular complexity index is 1660. The molecule has 2 amide bonds. The average molecular weight is 641 g/mol. The number of hydrogen-bond donors (Lipinski definition) is 2. The fourth-order valence-corrected chi connectivity index (χ4v) is 7.26. The summed E-state index contributed by atoms with van der Waals surface area (Å²) in [5.41, 5.74) is 0.934. The zero-order chi connectivity index (χ0) is 33.3. The molecule has 3 aromatic rings. The topological polar surface area (TPSA) is 121 Å². The van der Waals surface area contributed by atoms with Gasteiger partial charge in [0.25, 0.3) is 0 Å². The van der Waals surface area contributed by atoms with Gasteiger partial charge < -0.3 is 24.8 Å². The van der Waals surface area contributed by atoms with Crippen LogP contribution in [0.5, 0.6) is 11.5 Å². The van der Waals surface area contributed by atoms with Gasteiger partial charge in [-0.25, -0.2) is 9.78 Å². The smallest absolute Gasteiger partial charge is 0.330 e. The van der Waals surface area contributed by atoms with Crippen molar-refractivity contribution in [1.29, 1.82) is 0 Å². The van der Waals surface area contributed by atoms with Crippen LogP contribution in [0.3, 0.4) is 0 Å². The van der Waals surface area contributed by atoms with Crippen LogP contribution >= 0.6 is 0 Å². The largest absolute Gasteiger partial charge is 0.497 e. The van der Waals surface area contributed by atoms with E-state index in [1.54, 1.807) is 18.1 Å². The molecule has 5 atom stereocenters. The number of hydrogen-bond acceptors (Lipinski definition) is 7. The second kappa shape index (κ2) is 13.4. The number of carbonyl (C=O) groups excluding carboxylic acids is 2. The predicted octanol–water partition coefficient (Wildman–Crippen LogP) is 4.91. The molecule has 0 radical (unpaired) electrons. The van der Waals surface area contributed by atoms with Gasteiger partial charge in [0.1, 0.15) is 29.2 Å². The normalized spacial score (nSPS) is 24.9. The number of aromatic nitrogens is 1. The van der Waals surface area contributed by atoms with Gasteiger partial charge in [-0.15, -0.1) is 6.58 Å². The molecule has 3 heterocycles. The average Bonchev–Trinajstić information content (AvgIpc) is 3.64. The molecule has 2 aromatic carbocycles. The number of ether oxygens (including phenoxy) is 2. The van der Waals surface area contributed by atoms with Crippen LogP contribution in [-0.2, 0) is 14.4 Å². The SMILES string of the molecule is C=CC1CC1(NC(=O)[C@@H]1C[C@@H](Oc2cc(-c3ccccc3)nc3cc(OC)ccc23)CN1C(=O)C(C(C)C)N1CCCCC1)C(=O)O.